The molecule has 0 aliphatic carbocycles. The fourth-order valence-corrected chi connectivity index (χ4v) is 4.86. The van der Waals surface area contributed by atoms with Crippen molar-refractivity contribution >= 4 is 43.2 Å². The SMILES string of the molecule is O=S(=O)(Nc1cc2c(cc1Cl)CCNCC2)c1ccc(Br)cc1C(F)(F)F. The van der Waals surface area contributed by atoms with Gasteiger partial charge in [0.25, 0.3) is 10.0 Å². The van der Waals surface area contributed by atoms with E-state index in [-0.39, 0.29) is 15.2 Å². The number of alkyl halides is 3. The van der Waals surface area contributed by atoms with E-state index in [0.29, 0.717) is 6.42 Å². The van der Waals surface area contributed by atoms with Crippen LogP contribution in [0.5, 0.6) is 0 Å². The second-order valence-corrected chi connectivity index (χ2v) is 9.07. The summed E-state index contributed by atoms with van der Waals surface area (Å²) in [7, 11) is -4.49. The molecule has 0 bridgehead atoms. The molecule has 146 valence electrons. The summed E-state index contributed by atoms with van der Waals surface area (Å²) in [5.41, 5.74) is 0.717. The molecule has 0 unspecified atom stereocenters. The van der Waals surface area contributed by atoms with Crippen molar-refractivity contribution in [3.63, 3.8) is 0 Å². The predicted molar refractivity (Wildman–Crippen MR) is 102 cm³/mol. The lowest BCUT2D eigenvalue weighted by atomic mass is 10.0. The highest BCUT2D eigenvalue weighted by atomic mass is 79.9. The van der Waals surface area contributed by atoms with Crippen LogP contribution in [-0.2, 0) is 29.0 Å². The van der Waals surface area contributed by atoms with Crippen LogP contribution in [0.3, 0.4) is 0 Å². The van der Waals surface area contributed by atoms with Gasteiger partial charge in [0, 0.05) is 4.47 Å². The number of hydrogen-bond donors (Lipinski definition) is 2. The van der Waals surface area contributed by atoms with Crippen molar-refractivity contribution in [1.82, 2.24) is 5.32 Å². The minimum atomic E-state index is -4.82. The Morgan fingerprint density at radius 2 is 1.70 bits per heavy atom. The second-order valence-electron chi connectivity index (χ2n) is 6.09. The molecular weight excluding hydrogens is 469 g/mol. The number of hydrogen-bond acceptors (Lipinski definition) is 3. The highest BCUT2D eigenvalue weighted by Crippen LogP contribution is 2.37. The number of nitrogens with one attached hydrogen (secondary N) is 2. The van der Waals surface area contributed by atoms with Crippen LogP contribution in [0.15, 0.2) is 39.7 Å². The predicted octanol–water partition coefficient (Wildman–Crippen LogP) is 4.61. The Morgan fingerprint density at radius 1 is 1.07 bits per heavy atom. The third-order valence-electron chi connectivity index (χ3n) is 4.21. The maximum Gasteiger partial charge on any atom is 0.417 e. The molecule has 1 aliphatic rings. The van der Waals surface area contributed by atoms with Gasteiger partial charge >= 0.3 is 6.18 Å². The number of sulfonamides is 1. The van der Waals surface area contributed by atoms with Gasteiger partial charge in [-0.15, -0.1) is 0 Å². The van der Waals surface area contributed by atoms with Gasteiger partial charge in [0.05, 0.1) is 21.2 Å². The van der Waals surface area contributed by atoms with Gasteiger partial charge in [-0.25, -0.2) is 8.42 Å². The first kappa shape index (κ1) is 20.4. The zero-order valence-electron chi connectivity index (χ0n) is 13.8. The molecule has 2 aromatic carbocycles. The molecule has 4 nitrogen and oxygen atoms in total. The van der Waals surface area contributed by atoms with Gasteiger partial charge in [-0.05, 0) is 67.4 Å². The van der Waals surface area contributed by atoms with Crippen LogP contribution < -0.4 is 10.0 Å². The van der Waals surface area contributed by atoms with Gasteiger partial charge in [-0.3, -0.25) is 4.72 Å². The molecule has 2 N–H and O–H groups in total. The summed E-state index contributed by atoms with van der Waals surface area (Å²) in [6.45, 7) is 1.51. The van der Waals surface area contributed by atoms with Gasteiger partial charge in [-0.2, -0.15) is 13.2 Å². The first-order valence-electron chi connectivity index (χ1n) is 7.99. The fourth-order valence-electron chi connectivity index (χ4n) is 2.93. The number of halogens is 5. The molecule has 1 aliphatic heterocycles. The molecule has 0 aromatic heterocycles. The Hall–Kier alpha value is -1.29. The molecule has 0 fully saturated rings. The van der Waals surface area contributed by atoms with E-state index in [9.17, 15) is 21.6 Å². The summed E-state index contributed by atoms with van der Waals surface area (Å²) in [5.74, 6) is 0. The van der Waals surface area contributed by atoms with Crippen molar-refractivity contribution in [2.45, 2.75) is 23.9 Å². The zero-order chi connectivity index (χ0) is 19.8. The average molecular weight is 484 g/mol. The smallest absolute Gasteiger partial charge is 0.316 e. The van der Waals surface area contributed by atoms with E-state index in [2.05, 4.69) is 26.0 Å². The first-order valence-corrected chi connectivity index (χ1v) is 10.6. The largest absolute Gasteiger partial charge is 0.417 e. The molecule has 3 rings (SSSR count). The Bertz CT molecular complexity index is 981. The summed E-state index contributed by atoms with van der Waals surface area (Å²) >= 11 is 9.13. The highest BCUT2D eigenvalue weighted by Gasteiger charge is 2.37. The topological polar surface area (TPSA) is 58.2 Å². The lowest BCUT2D eigenvalue weighted by Gasteiger charge is -2.17. The molecule has 0 saturated heterocycles. The molecular formula is C17H15BrClF3N2O2S. The lowest BCUT2D eigenvalue weighted by molar-refractivity contribution is -0.139. The average Bonchev–Trinajstić information content (AvgIpc) is 2.79. The molecule has 0 spiro atoms. The van der Waals surface area contributed by atoms with Crippen LogP contribution in [-0.4, -0.2) is 21.5 Å². The van der Waals surface area contributed by atoms with Gasteiger partial charge < -0.3 is 5.32 Å². The maximum atomic E-state index is 13.3. The van der Waals surface area contributed by atoms with E-state index in [1.807, 2.05) is 0 Å². The maximum absolute atomic E-state index is 13.3. The van der Waals surface area contributed by atoms with Crippen molar-refractivity contribution < 1.29 is 21.6 Å². The van der Waals surface area contributed by atoms with E-state index in [1.54, 1.807) is 12.1 Å². The normalized spacial score (nSPS) is 15.1. The van der Waals surface area contributed by atoms with Crippen LogP contribution in [0.1, 0.15) is 16.7 Å². The van der Waals surface area contributed by atoms with Gasteiger partial charge in [0.15, 0.2) is 0 Å². The van der Waals surface area contributed by atoms with E-state index >= 15 is 0 Å². The van der Waals surface area contributed by atoms with Crippen molar-refractivity contribution in [2.75, 3.05) is 17.8 Å². The van der Waals surface area contributed by atoms with Gasteiger partial charge in [0.2, 0.25) is 0 Å². The summed E-state index contributed by atoms with van der Waals surface area (Å²) in [6.07, 6.45) is -3.41. The Kier molecular flexibility index (Phi) is 5.77. The van der Waals surface area contributed by atoms with E-state index in [0.717, 1.165) is 42.8 Å². The second kappa shape index (κ2) is 7.62. The number of anilines is 1. The van der Waals surface area contributed by atoms with Gasteiger partial charge in [-0.1, -0.05) is 27.5 Å². The number of fused-ring (bicyclic) bond motifs is 1. The standard InChI is InChI=1S/C17H15BrClF3N2O2S/c18-12-1-2-16(13(9-12)17(20,21)22)27(25,26)24-15-8-11-4-6-23-5-3-10(11)7-14(15)19/h1-2,7-9,23-24H,3-6H2. The Balaban J connectivity index is 2.02. The van der Waals surface area contributed by atoms with Crippen molar-refractivity contribution in [3.05, 3.63) is 56.5 Å². The van der Waals surface area contributed by atoms with Gasteiger partial charge in [0.1, 0.15) is 0 Å². The molecule has 10 heteroatoms. The van der Waals surface area contributed by atoms with E-state index in [4.69, 9.17) is 11.6 Å². The molecule has 0 amide bonds. The zero-order valence-corrected chi connectivity index (χ0v) is 17.0. The van der Waals surface area contributed by atoms with Crippen molar-refractivity contribution in [2.24, 2.45) is 0 Å². The molecule has 0 saturated carbocycles. The molecule has 27 heavy (non-hydrogen) atoms. The van der Waals surface area contributed by atoms with E-state index < -0.39 is 26.7 Å². The molecule has 0 radical (unpaired) electrons. The third-order valence-corrected chi connectivity index (χ3v) is 6.44. The van der Waals surface area contributed by atoms with Crippen LogP contribution >= 0.6 is 27.5 Å². The highest BCUT2D eigenvalue weighted by molar-refractivity contribution is 9.10. The molecule has 1 heterocycles. The minimum absolute atomic E-state index is 0.0633. The summed E-state index contributed by atoms with van der Waals surface area (Å²) < 4.78 is 67.6. The molecule has 2 aromatic rings. The molecule has 0 atom stereocenters. The summed E-state index contributed by atoms with van der Waals surface area (Å²) in [4.78, 5) is -0.856. The Morgan fingerprint density at radius 3 is 2.33 bits per heavy atom. The van der Waals surface area contributed by atoms with Crippen molar-refractivity contribution in [1.29, 1.82) is 0 Å². The first-order chi connectivity index (χ1) is 12.6. The summed E-state index contributed by atoms with van der Waals surface area (Å²) in [5, 5.41) is 3.37. The number of rotatable bonds is 3. The Labute approximate surface area is 168 Å². The monoisotopic (exact) mass is 482 g/mol. The minimum Gasteiger partial charge on any atom is -0.316 e. The summed E-state index contributed by atoms with van der Waals surface area (Å²) in [6, 6.07) is 6.14. The van der Waals surface area contributed by atoms with Crippen LogP contribution in [0, 0.1) is 0 Å². The van der Waals surface area contributed by atoms with Crippen LogP contribution in [0.25, 0.3) is 0 Å². The van der Waals surface area contributed by atoms with Crippen molar-refractivity contribution in [3.8, 4) is 0 Å². The van der Waals surface area contributed by atoms with Crippen LogP contribution in [0.2, 0.25) is 5.02 Å². The lowest BCUT2D eigenvalue weighted by Crippen LogP contribution is -2.19. The van der Waals surface area contributed by atoms with Crippen LogP contribution in [0.4, 0.5) is 18.9 Å². The number of benzene rings is 2. The van der Waals surface area contributed by atoms with E-state index in [1.165, 1.54) is 6.07 Å². The quantitative estimate of drug-likeness (QED) is 0.670. The fraction of sp³-hybridized carbons (Fsp3) is 0.294. The third kappa shape index (κ3) is 4.59.